The van der Waals surface area contributed by atoms with E-state index in [0.29, 0.717) is 44.4 Å². The van der Waals surface area contributed by atoms with Crippen molar-refractivity contribution in [3.63, 3.8) is 0 Å². The number of thioether (sulfide) groups is 2. The largest absolute Gasteiger partial charge is 0.343 e. The Hall–Kier alpha value is -1.50. The molecule has 4 amide bonds. The first kappa shape index (κ1) is 33.4. The van der Waals surface area contributed by atoms with Crippen LogP contribution >= 0.6 is 48.0 Å². The van der Waals surface area contributed by atoms with Gasteiger partial charge in [0.25, 0.3) is 11.8 Å². The Kier molecular flexibility index (Phi) is 13.6. The minimum Gasteiger partial charge on any atom is -0.343 e. The van der Waals surface area contributed by atoms with Crippen LogP contribution in [0.2, 0.25) is 0 Å². The highest BCUT2D eigenvalue weighted by atomic mass is 32.2. The zero-order valence-corrected chi connectivity index (χ0v) is 27.9. The number of hydrogen-bond donors (Lipinski definition) is 0. The number of amides is 4. The predicted molar refractivity (Wildman–Crippen MR) is 178 cm³/mol. The molecular weight excluding hydrogens is 609 g/mol. The number of unbranched alkanes of at least 4 members (excludes halogenated alkanes) is 4. The van der Waals surface area contributed by atoms with Crippen LogP contribution in [0.3, 0.4) is 0 Å². The first-order valence-corrected chi connectivity index (χ1v) is 18.2. The van der Waals surface area contributed by atoms with Crippen LogP contribution < -0.4 is 0 Å². The number of rotatable bonds is 12. The fourth-order valence-electron chi connectivity index (χ4n) is 5.86. The minimum absolute atomic E-state index is 0.224. The molecule has 0 N–H and O–H groups in total. The lowest BCUT2D eigenvalue weighted by Crippen LogP contribution is -2.32. The van der Waals surface area contributed by atoms with Crippen molar-refractivity contribution in [2.75, 3.05) is 39.3 Å². The Balaban J connectivity index is 1.17. The number of thiocarbonyl (C=S) groups is 2. The number of nitrogens with zero attached hydrogens (tertiary/aromatic N) is 4. The molecule has 0 bridgehead atoms. The molecule has 42 heavy (non-hydrogen) atoms. The third-order valence-electron chi connectivity index (χ3n) is 8.37. The number of carbonyl (C=O) groups excluding carboxylic acids is 4. The van der Waals surface area contributed by atoms with E-state index < -0.39 is 0 Å². The number of carbonyl (C=O) groups is 4. The fraction of sp³-hybridized carbons (Fsp3) is 0.733. The van der Waals surface area contributed by atoms with Crippen LogP contribution in [-0.2, 0) is 19.2 Å². The molecule has 4 fully saturated rings. The topological polar surface area (TPSA) is 81.2 Å². The second-order valence-corrected chi connectivity index (χ2v) is 14.8. The van der Waals surface area contributed by atoms with Crippen molar-refractivity contribution in [1.29, 1.82) is 0 Å². The summed E-state index contributed by atoms with van der Waals surface area (Å²) < 4.78 is 0.935. The SMILES string of the molecule is O=C(CCCCCN1C(=O)C(=C2SC(=S)N(CCCCCC(=O)N3CCCCCC3)C2=O)SC1=S)N1CCCCCC1. The van der Waals surface area contributed by atoms with Crippen LogP contribution in [0.25, 0.3) is 0 Å². The van der Waals surface area contributed by atoms with Crippen LogP contribution in [0.5, 0.6) is 0 Å². The van der Waals surface area contributed by atoms with E-state index in [1.54, 1.807) is 9.80 Å². The molecule has 0 radical (unpaired) electrons. The van der Waals surface area contributed by atoms with Crippen molar-refractivity contribution in [3.05, 3.63) is 9.81 Å². The van der Waals surface area contributed by atoms with Crippen molar-refractivity contribution < 1.29 is 19.2 Å². The van der Waals surface area contributed by atoms with Crippen LogP contribution in [-0.4, -0.2) is 91.1 Å². The summed E-state index contributed by atoms with van der Waals surface area (Å²) in [5.74, 6) is 0.0352. The molecule has 12 heteroatoms. The van der Waals surface area contributed by atoms with E-state index in [1.807, 2.05) is 9.80 Å². The van der Waals surface area contributed by atoms with Gasteiger partial charge in [0.05, 0.1) is 9.81 Å². The lowest BCUT2D eigenvalue weighted by atomic mass is 10.1. The standard InChI is InChI=1S/C30H44N4O4S4/c35-23(31-17-9-1-2-10-18-31)15-7-5-13-21-33-27(37)25(41-29(33)39)26-28(38)34(30(40)42-26)22-14-6-8-16-24(36)32-19-11-3-4-12-20-32/h1-22H2. The molecule has 0 saturated carbocycles. The van der Waals surface area contributed by atoms with Crippen molar-refractivity contribution in [2.45, 2.75) is 103 Å². The Bertz CT molecular complexity index is 984. The highest BCUT2D eigenvalue weighted by Crippen LogP contribution is 2.42. The van der Waals surface area contributed by atoms with E-state index in [1.165, 1.54) is 49.2 Å². The molecular formula is C30H44N4O4S4. The number of hydrogen-bond acceptors (Lipinski definition) is 8. The highest BCUT2D eigenvalue weighted by molar-refractivity contribution is 8.29. The summed E-state index contributed by atoms with van der Waals surface area (Å²) in [6, 6.07) is 0. The molecule has 0 aromatic heterocycles. The zero-order valence-electron chi connectivity index (χ0n) is 24.6. The Labute approximate surface area is 269 Å². The third kappa shape index (κ3) is 9.25. The van der Waals surface area contributed by atoms with Crippen molar-refractivity contribution in [3.8, 4) is 0 Å². The van der Waals surface area contributed by atoms with Crippen LogP contribution in [0, 0.1) is 0 Å². The van der Waals surface area contributed by atoms with Gasteiger partial charge >= 0.3 is 0 Å². The first-order chi connectivity index (χ1) is 20.4. The van der Waals surface area contributed by atoms with Gasteiger partial charge in [-0.1, -0.05) is 86.5 Å². The molecule has 4 aliphatic rings. The van der Waals surface area contributed by atoms with Gasteiger partial charge in [0.1, 0.15) is 8.64 Å². The fourth-order valence-corrected chi connectivity index (χ4v) is 8.63. The molecule has 232 valence electrons. The Morgan fingerprint density at radius 3 is 1.26 bits per heavy atom. The van der Waals surface area contributed by atoms with Gasteiger partial charge in [0.15, 0.2) is 0 Å². The lowest BCUT2D eigenvalue weighted by Gasteiger charge is -2.20. The molecule has 0 aromatic carbocycles. The minimum atomic E-state index is -0.224. The summed E-state index contributed by atoms with van der Waals surface area (Å²) in [5, 5.41) is 0. The second-order valence-electron chi connectivity index (χ2n) is 11.5. The number of likely N-dealkylation sites (tertiary alicyclic amines) is 2. The summed E-state index contributed by atoms with van der Waals surface area (Å²) in [5.41, 5.74) is 0. The maximum absolute atomic E-state index is 13.2. The summed E-state index contributed by atoms with van der Waals surface area (Å²) in [6.45, 7) is 4.48. The van der Waals surface area contributed by atoms with E-state index in [-0.39, 0.29) is 23.6 Å². The molecule has 4 saturated heterocycles. The normalized spacial score (nSPS) is 22.3. The van der Waals surface area contributed by atoms with Crippen molar-refractivity contribution in [2.24, 2.45) is 0 Å². The molecule has 4 heterocycles. The van der Waals surface area contributed by atoms with Gasteiger partial charge in [0, 0.05) is 52.1 Å². The molecule has 4 aliphatic heterocycles. The summed E-state index contributed by atoms with van der Waals surface area (Å²) in [7, 11) is 0. The maximum Gasteiger partial charge on any atom is 0.267 e. The van der Waals surface area contributed by atoms with E-state index in [0.717, 1.165) is 90.4 Å². The van der Waals surface area contributed by atoms with Gasteiger partial charge in [-0.3, -0.25) is 29.0 Å². The molecule has 0 aromatic rings. The second kappa shape index (κ2) is 17.1. The van der Waals surface area contributed by atoms with Gasteiger partial charge in [-0.2, -0.15) is 0 Å². The van der Waals surface area contributed by atoms with Gasteiger partial charge < -0.3 is 9.80 Å². The highest BCUT2D eigenvalue weighted by Gasteiger charge is 2.41. The van der Waals surface area contributed by atoms with E-state index in [9.17, 15) is 19.2 Å². The summed E-state index contributed by atoms with van der Waals surface area (Å²) in [4.78, 5) is 59.4. The van der Waals surface area contributed by atoms with Gasteiger partial charge in [-0.05, 0) is 51.4 Å². The van der Waals surface area contributed by atoms with Crippen molar-refractivity contribution >= 4 is 80.2 Å². The quantitative estimate of drug-likeness (QED) is 0.148. The molecule has 0 spiro atoms. The Morgan fingerprint density at radius 2 is 0.905 bits per heavy atom. The van der Waals surface area contributed by atoms with E-state index >= 15 is 0 Å². The summed E-state index contributed by atoms with van der Waals surface area (Å²) in [6.07, 6.45) is 15.1. The molecule has 4 rings (SSSR count). The molecule has 0 atom stereocenters. The monoisotopic (exact) mass is 652 g/mol. The van der Waals surface area contributed by atoms with Crippen LogP contribution in [0.4, 0.5) is 0 Å². The van der Waals surface area contributed by atoms with Gasteiger partial charge in [-0.15, -0.1) is 0 Å². The van der Waals surface area contributed by atoms with Crippen LogP contribution in [0.1, 0.15) is 103 Å². The lowest BCUT2D eigenvalue weighted by molar-refractivity contribution is -0.132. The van der Waals surface area contributed by atoms with Gasteiger partial charge in [-0.25, -0.2) is 0 Å². The average molecular weight is 653 g/mol. The smallest absolute Gasteiger partial charge is 0.267 e. The summed E-state index contributed by atoms with van der Waals surface area (Å²) >= 11 is 13.4. The first-order valence-electron chi connectivity index (χ1n) is 15.7. The van der Waals surface area contributed by atoms with Crippen molar-refractivity contribution in [1.82, 2.24) is 19.6 Å². The molecule has 8 nitrogen and oxygen atoms in total. The van der Waals surface area contributed by atoms with Gasteiger partial charge in [0.2, 0.25) is 11.8 Å². The zero-order chi connectivity index (χ0) is 29.9. The van der Waals surface area contributed by atoms with E-state index in [4.69, 9.17) is 24.4 Å². The Morgan fingerprint density at radius 1 is 0.548 bits per heavy atom. The average Bonchev–Trinajstić information content (AvgIpc) is 3.25. The predicted octanol–water partition coefficient (Wildman–Crippen LogP) is 5.84. The van der Waals surface area contributed by atoms with E-state index in [2.05, 4.69) is 0 Å². The molecule has 0 aliphatic carbocycles. The molecule has 0 unspecified atom stereocenters. The van der Waals surface area contributed by atoms with Crippen LogP contribution in [0.15, 0.2) is 9.81 Å². The third-order valence-corrected chi connectivity index (χ3v) is 11.4. The maximum atomic E-state index is 13.2.